The molecule has 0 aliphatic carbocycles. The molecular formula is C16H27NO. The molecule has 1 N–H and O–H groups in total. The molecule has 0 aromatic heterocycles. The van der Waals surface area contributed by atoms with Gasteiger partial charge in [0.15, 0.2) is 0 Å². The monoisotopic (exact) mass is 249 g/mol. The summed E-state index contributed by atoms with van der Waals surface area (Å²) in [6.45, 7) is 9.77. The molecule has 0 amide bonds. The fourth-order valence-corrected chi connectivity index (χ4v) is 2.41. The normalized spacial score (nSPS) is 14.7. The van der Waals surface area contributed by atoms with E-state index in [-0.39, 0.29) is 12.0 Å². The topological polar surface area (TPSA) is 23.5 Å². The van der Waals surface area contributed by atoms with E-state index in [4.69, 9.17) is 0 Å². The van der Waals surface area contributed by atoms with Crippen LogP contribution in [-0.2, 0) is 0 Å². The maximum Gasteiger partial charge on any atom is 0.0827 e. The quantitative estimate of drug-likeness (QED) is 0.762. The summed E-state index contributed by atoms with van der Waals surface area (Å²) in [6, 6.07) is 9.97. The second kappa shape index (κ2) is 8.28. The van der Waals surface area contributed by atoms with Crippen LogP contribution >= 0.6 is 0 Å². The van der Waals surface area contributed by atoms with Gasteiger partial charge in [0, 0.05) is 6.54 Å². The Labute approximate surface area is 112 Å². The minimum atomic E-state index is -0.359. The Kier molecular flexibility index (Phi) is 6.99. The van der Waals surface area contributed by atoms with Crippen LogP contribution in [0.15, 0.2) is 30.3 Å². The van der Waals surface area contributed by atoms with Gasteiger partial charge in [-0.15, -0.1) is 0 Å². The Bertz CT molecular complexity index is 306. The number of hydrogen-bond donors (Lipinski definition) is 1. The van der Waals surface area contributed by atoms with Crippen LogP contribution < -0.4 is 0 Å². The smallest absolute Gasteiger partial charge is 0.0827 e. The number of aliphatic hydroxyl groups excluding tert-OH is 1. The van der Waals surface area contributed by atoms with E-state index in [2.05, 4.69) is 25.7 Å². The van der Waals surface area contributed by atoms with Crippen LogP contribution in [-0.4, -0.2) is 29.6 Å². The van der Waals surface area contributed by atoms with Crippen LogP contribution in [0.1, 0.15) is 45.3 Å². The van der Waals surface area contributed by atoms with Crippen molar-refractivity contribution in [3.8, 4) is 0 Å². The lowest BCUT2D eigenvalue weighted by atomic mass is 9.97. The highest BCUT2D eigenvalue weighted by Crippen LogP contribution is 2.22. The van der Waals surface area contributed by atoms with E-state index < -0.39 is 0 Å². The fraction of sp³-hybridized carbons (Fsp3) is 0.625. The predicted octanol–water partition coefficient (Wildman–Crippen LogP) is 3.48. The average Bonchev–Trinajstić information content (AvgIpc) is 2.39. The molecule has 1 aromatic rings. The summed E-state index contributed by atoms with van der Waals surface area (Å²) in [6.07, 6.45) is 1.99. The van der Waals surface area contributed by atoms with Gasteiger partial charge in [-0.2, -0.15) is 0 Å². The number of rotatable bonds is 8. The predicted molar refractivity (Wildman–Crippen MR) is 77.6 cm³/mol. The van der Waals surface area contributed by atoms with Gasteiger partial charge >= 0.3 is 0 Å². The standard InChI is InChI=1S/C16H27NO/c1-4-11-17(12-5-2)13-14(3)16(18)15-9-7-6-8-10-15/h6-10,14,16,18H,4-5,11-13H2,1-3H3. The van der Waals surface area contributed by atoms with Crippen LogP contribution in [0.4, 0.5) is 0 Å². The molecule has 0 saturated heterocycles. The van der Waals surface area contributed by atoms with Crippen molar-refractivity contribution in [1.82, 2.24) is 4.90 Å². The van der Waals surface area contributed by atoms with Crippen molar-refractivity contribution in [1.29, 1.82) is 0 Å². The maximum atomic E-state index is 10.3. The SMILES string of the molecule is CCCN(CCC)CC(C)C(O)c1ccccc1. The molecule has 0 heterocycles. The van der Waals surface area contributed by atoms with Gasteiger partial charge < -0.3 is 10.0 Å². The Morgan fingerprint density at radius 2 is 1.61 bits per heavy atom. The van der Waals surface area contributed by atoms with Gasteiger partial charge in [0.25, 0.3) is 0 Å². The van der Waals surface area contributed by atoms with Gasteiger partial charge in [-0.25, -0.2) is 0 Å². The van der Waals surface area contributed by atoms with Crippen molar-refractivity contribution in [2.24, 2.45) is 5.92 Å². The fourth-order valence-electron chi connectivity index (χ4n) is 2.41. The maximum absolute atomic E-state index is 10.3. The van der Waals surface area contributed by atoms with E-state index in [0.29, 0.717) is 0 Å². The average molecular weight is 249 g/mol. The summed E-state index contributed by atoms with van der Waals surface area (Å²) >= 11 is 0. The molecule has 0 fully saturated rings. The van der Waals surface area contributed by atoms with E-state index in [1.165, 1.54) is 12.8 Å². The first kappa shape index (κ1) is 15.2. The molecule has 0 bridgehead atoms. The summed E-state index contributed by atoms with van der Waals surface area (Å²) in [5.74, 6) is 0.269. The first-order valence-electron chi connectivity index (χ1n) is 7.14. The zero-order valence-corrected chi connectivity index (χ0v) is 12.0. The van der Waals surface area contributed by atoms with Crippen molar-refractivity contribution in [2.45, 2.75) is 39.7 Å². The molecule has 0 aliphatic heterocycles. The zero-order chi connectivity index (χ0) is 13.4. The summed E-state index contributed by atoms with van der Waals surface area (Å²) < 4.78 is 0. The van der Waals surface area contributed by atoms with Crippen molar-refractivity contribution in [2.75, 3.05) is 19.6 Å². The molecule has 1 rings (SSSR count). The van der Waals surface area contributed by atoms with Crippen molar-refractivity contribution in [3.05, 3.63) is 35.9 Å². The van der Waals surface area contributed by atoms with Crippen LogP contribution in [0.2, 0.25) is 0 Å². The highest BCUT2D eigenvalue weighted by Gasteiger charge is 2.18. The van der Waals surface area contributed by atoms with Crippen LogP contribution in [0, 0.1) is 5.92 Å². The lowest BCUT2D eigenvalue weighted by Crippen LogP contribution is -2.32. The van der Waals surface area contributed by atoms with Crippen molar-refractivity contribution < 1.29 is 5.11 Å². The lowest BCUT2D eigenvalue weighted by Gasteiger charge is -2.27. The molecule has 0 saturated carbocycles. The number of nitrogens with zero attached hydrogens (tertiary/aromatic N) is 1. The molecule has 2 nitrogen and oxygen atoms in total. The Morgan fingerprint density at radius 3 is 2.11 bits per heavy atom. The van der Waals surface area contributed by atoms with E-state index in [1.54, 1.807) is 0 Å². The molecule has 0 spiro atoms. The van der Waals surface area contributed by atoms with E-state index in [9.17, 15) is 5.11 Å². The van der Waals surface area contributed by atoms with Gasteiger partial charge in [0.1, 0.15) is 0 Å². The second-order valence-electron chi connectivity index (χ2n) is 5.13. The van der Waals surface area contributed by atoms with Crippen LogP contribution in [0.3, 0.4) is 0 Å². The summed E-state index contributed by atoms with van der Waals surface area (Å²) in [4.78, 5) is 2.46. The number of benzene rings is 1. The van der Waals surface area contributed by atoms with E-state index in [1.807, 2.05) is 30.3 Å². The zero-order valence-electron chi connectivity index (χ0n) is 12.0. The highest BCUT2D eigenvalue weighted by atomic mass is 16.3. The largest absolute Gasteiger partial charge is 0.388 e. The molecule has 2 atom stereocenters. The highest BCUT2D eigenvalue weighted by molar-refractivity contribution is 5.17. The summed E-state index contributed by atoms with van der Waals surface area (Å²) in [5, 5.41) is 10.3. The van der Waals surface area contributed by atoms with Crippen molar-refractivity contribution >= 4 is 0 Å². The van der Waals surface area contributed by atoms with E-state index in [0.717, 1.165) is 25.2 Å². The van der Waals surface area contributed by atoms with Crippen LogP contribution in [0.5, 0.6) is 0 Å². The van der Waals surface area contributed by atoms with E-state index >= 15 is 0 Å². The molecule has 2 unspecified atom stereocenters. The summed E-state index contributed by atoms with van der Waals surface area (Å²) in [5.41, 5.74) is 1.03. The van der Waals surface area contributed by atoms with Crippen LogP contribution in [0.25, 0.3) is 0 Å². The first-order chi connectivity index (χ1) is 8.69. The summed E-state index contributed by atoms with van der Waals surface area (Å²) in [7, 11) is 0. The Morgan fingerprint density at radius 1 is 1.06 bits per heavy atom. The number of aliphatic hydroxyl groups is 1. The molecule has 0 radical (unpaired) electrons. The van der Waals surface area contributed by atoms with Gasteiger partial charge in [0.2, 0.25) is 0 Å². The first-order valence-corrected chi connectivity index (χ1v) is 7.14. The third-order valence-electron chi connectivity index (χ3n) is 3.31. The molecule has 0 aliphatic rings. The third-order valence-corrected chi connectivity index (χ3v) is 3.31. The van der Waals surface area contributed by atoms with Gasteiger partial charge in [-0.3, -0.25) is 0 Å². The molecule has 18 heavy (non-hydrogen) atoms. The Hall–Kier alpha value is -0.860. The minimum absolute atomic E-state index is 0.269. The molecular weight excluding hydrogens is 222 g/mol. The molecule has 1 aromatic carbocycles. The van der Waals surface area contributed by atoms with Crippen molar-refractivity contribution in [3.63, 3.8) is 0 Å². The van der Waals surface area contributed by atoms with Gasteiger partial charge in [-0.1, -0.05) is 51.1 Å². The van der Waals surface area contributed by atoms with Gasteiger partial charge in [0.05, 0.1) is 6.10 Å². The molecule has 102 valence electrons. The minimum Gasteiger partial charge on any atom is -0.388 e. The Balaban J connectivity index is 2.55. The lowest BCUT2D eigenvalue weighted by molar-refractivity contribution is 0.0880. The van der Waals surface area contributed by atoms with Gasteiger partial charge in [-0.05, 0) is 37.4 Å². The molecule has 2 heteroatoms. The second-order valence-corrected chi connectivity index (χ2v) is 5.13. The third kappa shape index (κ3) is 4.79. The number of hydrogen-bond acceptors (Lipinski definition) is 2.